The van der Waals surface area contributed by atoms with Crippen LogP contribution in [0, 0.1) is 10.1 Å². The summed E-state index contributed by atoms with van der Waals surface area (Å²) in [5, 5.41) is 11.2. The van der Waals surface area contributed by atoms with Crippen LogP contribution in [0.15, 0.2) is 53.4 Å². The first-order valence-electron chi connectivity index (χ1n) is 7.97. The highest BCUT2D eigenvalue weighted by atomic mass is 32.2. The average molecular weight is 377 g/mol. The van der Waals surface area contributed by atoms with Crippen molar-refractivity contribution < 1.29 is 18.1 Å². The van der Waals surface area contributed by atoms with E-state index in [2.05, 4.69) is 0 Å². The number of nitrogens with two attached hydrogens (primary N) is 1. The molecule has 0 spiro atoms. The molecule has 1 aliphatic heterocycles. The van der Waals surface area contributed by atoms with Gasteiger partial charge in [0.2, 0.25) is 10.0 Å². The van der Waals surface area contributed by atoms with E-state index >= 15 is 0 Å². The van der Waals surface area contributed by atoms with Crippen molar-refractivity contribution in [3.63, 3.8) is 0 Å². The van der Waals surface area contributed by atoms with Gasteiger partial charge < -0.3 is 10.5 Å². The minimum absolute atomic E-state index is 0.102. The van der Waals surface area contributed by atoms with Gasteiger partial charge in [-0.1, -0.05) is 24.3 Å². The van der Waals surface area contributed by atoms with Crippen LogP contribution in [0.1, 0.15) is 11.5 Å². The number of benzene rings is 2. The van der Waals surface area contributed by atoms with Crippen LogP contribution in [-0.4, -0.2) is 43.9 Å². The van der Waals surface area contributed by atoms with Crippen LogP contribution in [0.25, 0.3) is 0 Å². The van der Waals surface area contributed by atoms with E-state index in [9.17, 15) is 18.5 Å². The fourth-order valence-corrected chi connectivity index (χ4v) is 4.82. The predicted molar refractivity (Wildman–Crippen MR) is 95.6 cm³/mol. The molecule has 1 aliphatic rings. The molecule has 0 amide bonds. The topological polar surface area (TPSA) is 116 Å². The molecule has 9 heteroatoms. The third-order valence-corrected chi connectivity index (χ3v) is 6.43. The molecule has 1 fully saturated rings. The maximum absolute atomic E-state index is 12.9. The summed E-state index contributed by atoms with van der Waals surface area (Å²) in [6, 6.07) is 12.2. The van der Waals surface area contributed by atoms with E-state index in [1.807, 2.05) is 12.1 Å². The minimum Gasteiger partial charge on any atom is -0.497 e. The zero-order valence-electron chi connectivity index (χ0n) is 14.1. The molecule has 1 heterocycles. The third kappa shape index (κ3) is 3.28. The number of hydrogen-bond donors (Lipinski definition) is 1. The zero-order valence-corrected chi connectivity index (χ0v) is 14.9. The smallest absolute Gasteiger partial charge is 0.289 e. The van der Waals surface area contributed by atoms with Gasteiger partial charge in [-0.25, -0.2) is 8.42 Å². The standard InChI is InChI=1S/C17H19N3O5S/c1-25-13-8-6-12(7-9-13)14-10-19(11-15(14)18)26(23,24)17-5-3-2-4-16(17)20(21)22/h2-9,14-15H,10-11,18H2,1H3/t14-,15+/m0/s1. The molecule has 26 heavy (non-hydrogen) atoms. The van der Waals surface area contributed by atoms with Gasteiger partial charge in [-0.2, -0.15) is 4.31 Å². The maximum atomic E-state index is 12.9. The van der Waals surface area contributed by atoms with Crippen LogP contribution < -0.4 is 10.5 Å². The molecule has 0 unspecified atom stereocenters. The summed E-state index contributed by atoms with van der Waals surface area (Å²) in [5.41, 5.74) is 6.64. The highest BCUT2D eigenvalue weighted by Crippen LogP contribution is 2.33. The number of methoxy groups -OCH3 is 1. The van der Waals surface area contributed by atoms with Gasteiger partial charge in [0.15, 0.2) is 4.90 Å². The van der Waals surface area contributed by atoms with E-state index in [-0.39, 0.29) is 23.9 Å². The monoisotopic (exact) mass is 377 g/mol. The lowest BCUT2D eigenvalue weighted by Crippen LogP contribution is -2.32. The van der Waals surface area contributed by atoms with Gasteiger partial charge in [-0.15, -0.1) is 0 Å². The molecule has 3 rings (SSSR count). The van der Waals surface area contributed by atoms with Gasteiger partial charge >= 0.3 is 0 Å². The van der Waals surface area contributed by atoms with E-state index in [4.69, 9.17) is 10.5 Å². The molecule has 0 bridgehead atoms. The van der Waals surface area contributed by atoms with E-state index < -0.39 is 26.7 Å². The first-order chi connectivity index (χ1) is 12.3. The van der Waals surface area contributed by atoms with E-state index in [0.717, 1.165) is 5.56 Å². The number of nitrogens with zero attached hydrogens (tertiary/aromatic N) is 2. The van der Waals surface area contributed by atoms with Crippen molar-refractivity contribution >= 4 is 15.7 Å². The SMILES string of the molecule is COc1ccc([C@@H]2CN(S(=O)(=O)c3ccccc3[N+](=O)[O-])C[C@H]2N)cc1. The largest absolute Gasteiger partial charge is 0.497 e. The molecule has 0 aliphatic carbocycles. The second kappa shape index (κ2) is 7.02. The Bertz CT molecular complexity index is 914. The third-order valence-electron chi connectivity index (χ3n) is 4.56. The number of rotatable bonds is 5. The number of nitro benzene ring substituents is 1. The Balaban J connectivity index is 1.90. The van der Waals surface area contributed by atoms with Crippen molar-refractivity contribution in [2.24, 2.45) is 5.73 Å². The van der Waals surface area contributed by atoms with Gasteiger partial charge in [0.1, 0.15) is 5.75 Å². The van der Waals surface area contributed by atoms with Crippen LogP contribution in [0.4, 0.5) is 5.69 Å². The molecule has 8 nitrogen and oxygen atoms in total. The lowest BCUT2D eigenvalue weighted by Gasteiger charge is -2.16. The van der Waals surface area contributed by atoms with Gasteiger partial charge in [-0.3, -0.25) is 10.1 Å². The van der Waals surface area contributed by atoms with Crippen LogP contribution in [0.5, 0.6) is 5.75 Å². The summed E-state index contributed by atoms with van der Waals surface area (Å²) < 4.78 is 32.2. The molecule has 0 aromatic heterocycles. The summed E-state index contributed by atoms with van der Waals surface area (Å²) >= 11 is 0. The fraction of sp³-hybridized carbons (Fsp3) is 0.294. The molecule has 2 aromatic rings. The van der Waals surface area contributed by atoms with Crippen LogP contribution >= 0.6 is 0 Å². The molecular formula is C17H19N3O5S. The van der Waals surface area contributed by atoms with Crippen molar-refractivity contribution in [1.29, 1.82) is 0 Å². The Hall–Kier alpha value is -2.49. The Morgan fingerprint density at radius 3 is 2.42 bits per heavy atom. The highest BCUT2D eigenvalue weighted by molar-refractivity contribution is 7.89. The Morgan fingerprint density at radius 1 is 1.15 bits per heavy atom. The summed E-state index contributed by atoms with van der Waals surface area (Å²) in [6.07, 6.45) is 0. The number of sulfonamides is 1. The minimum atomic E-state index is -4.01. The molecule has 0 saturated carbocycles. The molecule has 0 radical (unpaired) electrons. The summed E-state index contributed by atoms with van der Waals surface area (Å²) in [4.78, 5) is 10.2. The lowest BCUT2D eigenvalue weighted by molar-refractivity contribution is -0.387. The fourth-order valence-electron chi connectivity index (χ4n) is 3.16. The maximum Gasteiger partial charge on any atom is 0.289 e. The van der Waals surface area contributed by atoms with Crippen LogP contribution in [-0.2, 0) is 10.0 Å². The Labute approximate surface area is 151 Å². The van der Waals surface area contributed by atoms with Crippen molar-refractivity contribution in [2.45, 2.75) is 16.9 Å². The summed E-state index contributed by atoms with van der Waals surface area (Å²) in [6.45, 7) is 0.271. The summed E-state index contributed by atoms with van der Waals surface area (Å²) in [7, 11) is -2.45. The van der Waals surface area contributed by atoms with Crippen LogP contribution in [0.3, 0.4) is 0 Å². The van der Waals surface area contributed by atoms with Crippen molar-refractivity contribution in [1.82, 2.24) is 4.31 Å². The highest BCUT2D eigenvalue weighted by Gasteiger charge is 2.40. The lowest BCUT2D eigenvalue weighted by atomic mass is 9.95. The molecule has 1 saturated heterocycles. The summed E-state index contributed by atoms with van der Waals surface area (Å²) in [5.74, 6) is 0.503. The second-order valence-electron chi connectivity index (χ2n) is 6.09. The Kier molecular flexibility index (Phi) is 4.94. The average Bonchev–Trinajstić information content (AvgIpc) is 3.04. The van der Waals surface area contributed by atoms with Crippen molar-refractivity contribution in [3.8, 4) is 5.75 Å². The Morgan fingerprint density at radius 2 is 1.81 bits per heavy atom. The van der Waals surface area contributed by atoms with E-state index in [0.29, 0.717) is 5.75 Å². The van der Waals surface area contributed by atoms with Gasteiger partial charge in [0.05, 0.1) is 12.0 Å². The van der Waals surface area contributed by atoms with Crippen LogP contribution in [0.2, 0.25) is 0 Å². The van der Waals surface area contributed by atoms with Crippen molar-refractivity contribution in [2.75, 3.05) is 20.2 Å². The van der Waals surface area contributed by atoms with Gasteiger partial charge in [-0.05, 0) is 23.8 Å². The second-order valence-corrected chi connectivity index (χ2v) is 8.00. The molecule has 138 valence electrons. The quantitative estimate of drug-likeness (QED) is 0.626. The van der Waals surface area contributed by atoms with Crippen molar-refractivity contribution in [3.05, 3.63) is 64.2 Å². The first kappa shape index (κ1) is 18.3. The first-order valence-corrected chi connectivity index (χ1v) is 9.41. The molecule has 2 atom stereocenters. The normalized spacial score (nSPS) is 20.8. The number of para-hydroxylation sites is 1. The molecular weight excluding hydrogens is 358 g/mol. The predicted octanol–water partition coefficient (Wildman–Crippen LogP) is 1.72. The zero-order chi connectivity index (χ0) is 18.9. The van der Waals surface area contributed by atoms with E-state index in [1.165, 1.54) is 28.6 Å². The van der Waals surface area contributed by atoms with Gasteiger partial charge in [0, 0.05) is 31.1 Å². The number of hydrogen-bond acceptors (Lipinski definition) is 6. The molecule has 2 aromatic carbocycles. The number of ether oxygens (including phenoxy) is 1. The van der Waals surface area contributed by atoms with E-state index in [1.54, 1.807) is 19.2 Å². The number of nitro groups is 1. The molecule has 2 N–H and O–H groups in total. The van der Waals surface area contributed by atoms with Gasteiger partial charge in [0.25, 0.3) is 5.69 Å².